The fourth-order valence-corrected chi connectivity index (χ4v) is 1.33. The van der Waals surface area contributed by atoms with Gasteiger partial charge >= 0.3 is 5.97 Å². The minimum absolute atomic E-state index is 0.296. The van der Waals surface area contributed by atoms with E-state index in [1.54, 1.807) is 0 Å². The van der Waals surface area contributed by atoms with Gasteiger partial charge < -0.3 is 4.74 Å². The van der Waals surface area contributed by atoms with Gasteiger partial charge in [0.2, 0.25) is 0 Å². The van der Waals surface area contributed by atoms with Gasteiger partial charge in [0.15, 0.2) is 0 Å². The fraction of sp³-hybridized carbons (Fsp3) is 0.462. The molecule has 0 fully saturated rings. The lowest BCUT2D eigenvalue weighted by Gasteiger charge is -2.06. The third kappa shape index (κ3) is 5.89. The maximum atomic E-state index is 11.0. The first-order valence-electron chi connectivity index (χ1n) is 5.18. The monoisotopic (exact) mass is 208 g/mol. The highest BCUT2D eigenvalue weighted by Crippen LogP contribution is 2.16. The first kappa shape index (κ1) is 13.7. The maximum absolute atomic E-state index is 11.0. The van der Waals surface area contributed by atoms with E-state index in [1.165, 1.54) is 18.8 Å². The molecule has 0 heterocycles. The summed E-state index contributed by atoms with van der Waals surface area (Å²) in [4.78, 5) is 11.0. The molecule has 2 nitrogen and oxygen atoms in total. The molecule has 0 bridgehead atoms. The molecule has 15 heavy (non-hydrogen) atoms. The zero-order valence-corrected chi connectivity index (χ0v) is 9.88. The predicted molar refractivity (Wildman–Crippen MR) is 63.6 cm³/mol. The molecule has 0 aromatic rings. The summed E-state index contributed by atoms with van der Waals surface area (Å²) in [6.07, 6.45) is 8.52. The van der Waals surface area contributed by atoms with Gasteiger partial charge in [0.05, 0.1) is 7.11 Å². The van der Waals surface area contributed by atoms with Crippen LogP contribution in [0.15, 0.2) is 36.0 Å². The first-order valence-corrected chi connectivity index (χ1v) is 5.18. The molecule has 0 aliphatic rings. The molecule has 0 unspecified atom stereocenters. The molecule has 0 atom stereocenters. The Morgan fingerprint density at radius 2 is 2.13 bits per heavy atom. The van der Waals surface area contributed by atoms with Crippen LogP contribution in [-0.4, -0.2) is 13.1 Å². The largest absolute Gasteiger partial charge is 0.466 e. The van der Waals surface area contributed by atoms with E-state index in [1.807, 2.05) is 26.0 Å². The minimum Gasteiger partial charge on any atom is -0.466 e. The summed E-state index contributed by atoms with van der Waals surface area (Å²) in [6.45, 7) is 7.60. The SMILES string of the molecule is C=CCCCC(=C\C)/C(C)=C/C(=O)OC. The van der Waals surface area contributed by atoms with E-state index in [2.05, 4.69) is 11.3 Å². The van der Waals surface area contributed by atoms with Crippen molar-refractivity contribution in [2.45, 2.75) is 33.1 Å². The first-order chi connectivity index (χ1) is 7.15. The van der Waals surface area contributed by atoms with Gasteiger partial charge in [-0.15, -0.1) is 6.58 Å². The van der Waals surface area contributed by atoms with Gasteiger partial charge in [-0.25, -0.2) is 4.79 Å². The van der Waals surface area contributed by atoms with Crippen LogP contribution in [0.1, 0.15) is 33.1 Å². The van der Waals surface area contributed by atoms with Crippen molar-refractivity contribution in [3.05, 3.63) is 36.0 Å². The molecular formula is C13H20O2. The number of hydrogen-bond donors (Lipinski definition) is 0. The van der Waals surface area contributed by atoms with Crippen LogP contribution in [0, 0.1) is 0 Å². The van der Waals surface area contributed by atoms with Gasteiger partial charge in [0.25, 0.3) is 0 Å². The van der Waals surface area contributed by atoms with E-state index in [4.69, 9.17) is 0 Å². The lowest BCUT2D eigenvalue weighted by Crippen LogP contribution is -1.97. The molecule has 0 aromatic heterocycles. The molecule has 0 aliphatic carbocycles. The average molecular weight is 208 g/mol. The molecule has 0 N–H and O–H groups in total. The molecule has 84 valence electrons. The number of unbranched alkanes of at least 4 members (excludes halogenated alkanes) is 1. The zero-order valence-electron chi connectivity index (χ0n) is 9.88. The quantitative estimate of drug-likeness (QED) is 0.220. The van der Waals surface area contributed by atoms with Gasteiger partial charge in [0, 0.05) is 6.08 Å². The van der Waals surface area contributed by atoms with Gasteiger partial charge in [-0.1, -0.05) is 12.2 Å². The minimum atomic E-state index is -0.296. The van der Waals surface area contributed by atoms with E-state index in [-0.39, 0.29) is 5.97 Å². The lowest BCUT2D eigenvalue weighted by molar-refractivity contribution is -0.134. The summed E-state index contributed by atoms with van der Waals surface area (Å²) in [5, 5.41) is 0. The number of methoxy groups -OCH3 is 1. The summed E-state index contributed by atoms with van der Waals surface area (Å²) < 4.78 is 4.58. The number of esters is 1. The Hall–Kier alpha value is -1.31. The van der Waals surface area contributed by atoms with Crippen molar-refractivity contribution >= 4 is 5.97 Å². The summed E-state index contributed by atoms with van der Waals surface area (Å²) >= 11 is 0. The zero-order chi connectivity index (χ0) is 11.7. The molecular weight excluding hydrogens is 188 g/mol. The van der Waals surface area contributed by atoms with Crippen LogP contribution in [0.2, 0.25) is 0 Å². The molecule has 0 amide bonds. The molecule has 0 aromatic carbocycles. The van der Waals surface area contributed by atoms with Crippen LogP contribution in [0.25, 0.3) is 0 Å². The second-order valence-corrected chi connectivity index (χ2v) is 3.35. The Morgan fingerprint density at radius 3 is 2.60 bits per heavy atom. The van der Waals surface area contributed by atoms with Crippen LogP contribution >= 0.6 is 0 Å². The van der Waals surface area contributed by atoms with E-state index < -0.39 is 0 Å². The Bertz CT molecular complexity index is 272. The average Bonchev–Trinajstić information content (AvgIpc) is 2.24. The van der Waals surface area contributed by atoms with Crippen LogP contribution in [0.3, 0.4) is 0 Å². The third-order valence-electron chi connectivity index (χ3n) is 2.24. The number of ether oxygens (including phenoxy) is 1. The highest BCUT2D eigenvalue weighted by Gasteiger charge is 2.02. The lowest BCUT2D eigenvalue weighted by atomic mass is 10.0. The van der Waals surface area contributed by atoms with Gasteiger partial charge in [-0.3, -0.25) is 0 Å². The number of hydrogen-bond acceptors (Lipinski definition) is 2. The second-order valence-electron chi connectivity index (χ2n) is 3.35. The van der Waals surface area contributed by atoms with Crippen molar-refractivity contribution in [3.63, 3.8) is 0 Å². The standard InChI is InChI=1S/C13H20O2/c1-5-7-8-9-12(6-2)11(3)10-13(14)15-4/h5-6,10H,1,7-9H2,2-4H3/b11-10+,12-6+. The summed E-state index contributed by atoms with van der Waals surface area (Å²) in [5.74, 6) is -0.296. The maximum Gasteiger partial charge on any atom is 0.330 e. The summed E-state index contributed by atoms with van der Waals surface area (Å²) in [7, 11) is 1.39. The predicted octanol–water partition coefficient (Wildman–Crippen LogP) is 3.41. The summed E-state index contributed by atoms with van der Waals surface area (Å²) in [6, 6.07) is 0. The van der Waals surface area contributed by atoms with Gasteiger partial charge in [-0.2, -0.15) is 0 Å². The topological polar surface area (TPSA) is 26.3 Å². The van der Waals surface area contributed by atoms with E-state index in [9.17, 15) is 4.79 Å². The Morgan fingerprint density at radius 1 is 1.47 bits per heavy atom. The number of allylic oxidation sites excluding steroid dienone is 4. The highest BCUT2D eigenvalue weighted by atomic mass is 16.5. The van der Waals surface area contributed by atoms with Crippen molar-refractivity contribution in [3.8, 4) is 0 Å². The Kier molecular flexibility index (Phi) is 7.33. The number of carbonyl (C=O) groups excluding carboxylic acids is 1. The van der Waals surface area contributed by atoms with Crippen molar-refractivity contribution < 1.29 is 9.53 Å². The van der Waals surface area contributed by atoms with E-state index in [0.29, 0.717) is 0 Å². The fourth-order valence-electron chi connectivity index (χ4n) is 1.33. The van der Waals surface area contributed by atoms with Crippen LogP contribution in [0.5, 0.6) is 0 Å². The molecule has 0 saturated heterocycles. The molecule has 0 radical (unpaired) electrons. The smallest absolute Gasteiger partial charge is 0.330 e. The molecule has 0 aliphatic heterocycles. The molecule has 0 rings (SSSR count). The molecule has 0 spiro atoms. The molecule has 0 saturated carbocycles. The Labute approximate surface area is 92.3 Å². The third-order valence-corrected chi connectivity index (χ3v) is 2.24. The number of rotatable bonds is 6. The second kappa shape index (κ2) is 8.04. The van der Waals surface area contributed by atoms with E-state index in [0.717, 1.165) is 24.8 Å². The van der Waals surface area contributed by atoms with Crippen molar-refractivity contribution in [2.75, 3.05) is 7.11 Å². The van der Waals surface area contributed by atoms with Crippen LogP contribution < -0.4 is 0 Å². The summed E-state index contributed by atoms with van der Waals surface area (Å²) in [5.41, 5.74) is 2.18. The van der Waals surface area contributed by atoms with E-state index >= 15 is 0 Å². The van der Waals surface area contributed by atoms with Crippen LogP contribution in [-0.2, 0) is 9.53 Å². The normalized spacial score (nSPS) is 12.5. The van der Waals surface area contributed by atoms with Crippen molar-refractivity contribution in [2.24, 2.45) is 0 Å². The number of carbonyl (C=O) groups is 1. The van der Waals surface area contributed by atoms with Crippen LogP contribution in [0.4, 0.5) is 0 Å². The highest BCUT2D eigenvalue weighted by molar-refractivity contribution is 5.83. The van der Waals surface area contributed by atoms with Crippen molar-refractivity contribution in [1.82, 2.24) is 0 Å². The van der Waals surface area contributed by atoms with Gasteiger partial charge in [0.1, 0.15) is 0 Å². The van der Waals surface area contributed by atoms with Crippen molar-refractivity contribution in [1.29, 1.82) is 0 Å². The molecule has 2 heteroatoms. The van der Waals surface area contributed by atoms with Gasteiger partial charge in [-0.05, 0) is 44.3 Å². The Balaban J connectivity index is 4.35.